The van der Waals surface area contributed by atoms with Gasteiger partial charge < -0.3 is 10.2 Å². The van der Waals surface area contributed by atoms with E-state index in [0.29, 0.717) is 6.42 Å². The molecule has 0 rings (SSSR count). The maximum atomic E-state index is 9.67. The first-order chi connectivity index (χ1) is 7.45. The molecule has 0 aromatic heterocycles. The summed E-state index contributed by atoms with van der Waals surface area (Å²) in [5.74, 6) is 0. The fourth-order valence-electron chi connectivity index (χ4n) is 2.02. The van der Waals surface area contributed by atoms with E-state index in [1.54, 1.807) is 13.8 Å². The number of hydrogen-bond acceptors (Lipinski definition) is 2. The molecule has 0 saturated heterocycles. The number of hydrogen-bond donors (Lipinski definition) is 2. The highest BCUT2D eigenvalue weighted by Crippen LogP contribution is 2.16. The lowest BCUT2D eigenvalue weighted by molar-refractivity contribution is 0.0150. The monoisotopic (exact) mass is 230 g/mol. The zero-order chi connectivity index (χ0) is 12.4. The van der Waals surface area contributed by atoms with E-state index in [1.807, 2.05) is 0 Å². The van der Waals surface area contributed by atoms with Gasteiger partial charge in [-0.3, -0.25) is 0 Å². The highest BCUT2D eigenvalue weighted by Gasteiger charge is 2.17. The molecule has 98 valence electrons. The van der Waals surface area contributed by atoms with Crippen LogP contribution in [0.25, 0.3) is 0 Å². The Morgan fingerprint density at radius 2 is 1.44 bits per heavy atom. The van der Waals surface area contributed by atoms with Gasteiger partial charge in [-0.05, 0) is 20.3 Å². The highest BCUT2D eigenvalue weighted by atomic mass is 16.3. The first kappa shape index (κ1) is 15.9. The lowest BCUT2D eigenvalue weighted by Gasteiger charge is -2.21. The Morgan fingerprint density at radius 1 is 0.938 bits per heavy atom. The van der Waals surface area contributed by atoms with E-state index in [2.05, 4.69) is 6.92 Å². The molecular weight excluding hydrogens is 200 g/mol. The van der Waals surface area contributed by atoms with E-state index in [-0.39, 0.29) is 6.10 Å². The number of unbranched alkanes of at least 4 members (excludes halogenated alkanes) is 6. The van der Waals surface area contributed by atoms with Crippen LogP contribution >= 0.6 is 0 Å². The van der Waals surface area contributed by atoms with Gasteiger partial charge in [-0.25, -0.2) is 0 Å². The van der Waals surface area contributed by atoms with Crippen LogP contribution in [0.1, 0.15) is 78.6 Å². The summed E-state index contributed by atoms with van der Waals surface area (Å²) in [6.07, 6.45) is 9.89. The fourth-order valence-corrected chi connectivity index (χ4v) is 2.02. The first-order valence-corrected chi connectivity index (χ1v) is 6.86. The maximum Gasteiger partial charge on any atom is 0.0616 e. The summed E-state index contributed by atoms with van der Waals surface area (Å²) in [5.41, 5.74) is -0.736. The minimum absolute atomic E-state index is 0.337. The van der Waals surface area contributed by atoms with Gasteiger partial charge >= 0.3 is 0 Å². The van der Waals surface area contributed by atoms with Crippen LogP contribution in [-0.2, 0) is 0 Å². The molecule has 0 aromatic carbocycles. The Labute approximate surface area is 101 Å². The van der Waals surface area contributed by atoms with Gasteiger partial charge in [-0.2, -0.15) is 0 Å². The predicted octanol–water partition coefficient (Wildman–Crippen LogP) is 3.65. The number of aliphatic hydroxyl groups is 2. The van der Waals surface area contributed by atoms with Crippen LogP contribution < -0.4 is 0 Å². The van der Waals surface area contributed by atoms with Crippen LogP contribution in [-0.4, -0.2) is 21.9 Å². The Morgan fingerprint density at radius 3 is 1.94 bits per heavy atom. The van der Waals surface area contributed by atoms with Crippen molar-refractivity contribution in [2.45, 2.75) is 90.3 Å². The molecule has 0 aliphatic carbocycles. The maximum absolute atomic E-state index is 9.67. The molecule has 0 heterocycles. The van der Waals surface area contributed by atoms with E-state index in [1.165, 1.54) is 38.5 Å². The minimum Gasteiger partial charge on any atom is -0.393 e. The van der Waals surface area contributed by atoms with E-state index >= 15 is 0 Å². The van der Waals surface area contributed by atoms with Crippen molar-refractivity contribution in [3.63, 3.8) is 0 Å². The molecule has 0 radical (unpaired) electrons. The van der Waals surface area contributed by atoms with Gasteiger partial charge in [0.25, 0.3) is 0 Å². The summed E-state index contributed by atoms with van der Waals surface area (Å²) in [4.78, 5) is 0. The van der Waals surface area contributed by atoms with Crippen molar-refractivity contribution in [3.05, 3.63) is 0 Å². The van der Waals surface area contributed by atoms with Crippen molar-refractivity contribution in [3.8, 4) is 0 Å². The number of aliphatic hydroxyl groups excluding tert-OH is 1. The van der Waals surface area contributed by atoms with Gasteiger partial charge in [0.05, 0.1) is 11.7 Å². The largest absolute Gasteiger partial charge is 0.393 e. The lowest BCUT2D eigenvalue weighted by atomic mass is 9.97. The molecule has 2 heteroatoms. The van der Waals surface area contributed by atoms with Crippen LogP contribution in [0.4, 0.5) is 0 Å². The van der Waals surface area contributed by atoms with Crippen molar-refractivity contribution in [2.75, 3.05) is 0 Å². The van der Waals surface area contributed by atoms with Gasteiger partial charge in [0.1, 0.15) is 0 Å². The van der Waals surface area contributed by atoms with Gasteiger partial charge in [-0.1, -0.05) is 51.9 Å². The Balaban J connectivity index is 3.25. The van der Waals surface area contributed by atoms with Gasteiger partial charge in [0.15, 0.2) is 0 Å². The van der Waals surface area contributed by atoms with Gasteiger partial charge in [0, 0.05) is 6.42 Å². The Hall–Kier alpha value is -0.0800. The average Bonchev–Trinajstić information content (AvgIpc) is 2.13. The quantitative estimate of drug-likeness (QED) is 0.562. The van der Waals surface area contributed by atoms with E-state index in [0.717, 1.165) is 12.8 Å². The third-order valence-corrected chi connectivity index (χ3v) is 2.88. The summed E-state index contributed by atoms with van der Waals surface area (Å²) in [7, 11) is 0. The molecule has 0 aliphatic rings. The van der Waals surface area contributed by atoms with Crippen LogP contribution in [0.3, 0.4) is 0 Å². The SMILES string of the molecule is CCCCCCCCCC(O)CC(C)(C)O. The minimum atomic E-state index is -0.736. The standard InChI is InChI=1S/C14H30O2/c1-4-5-6-7-8-9-10-11-13(15)12-14(2,3)16/h13,15-16H,4-12H2,1-3H3. The Bertz CT molecular complexity index is 149. The van der Waals surface area contributed by atoms with E-state index in [9.17, 15) is 10.2 Å². The molecule has 16 heavy (non-hydrogen) atoms. The molecular formula is C14H30O2. The van der Waals surface area contributed by atoms with Crippen molar-refractivity contribution < 1.29 is 10.2 Å². The summed E-state index contributed by atoms with van der Waals surface area (Å²) in [6, 6.07) is 0. The average molecular weight is 230 g/mol. The normalized spacial score (nSPS) is 14.1. The third-order valence-electron chi connectivity index (χ3n) is 2.88. The summed E-state index contributed by atoms with van der Waals surface area (Å²) in [5, 5.41) is 19.2. The zero-order valence-corrected chi connectivity index (χ0v) is 11.3. The van der Waals surface area contributed by atoms with Crippen molar-refractivity contribution in [2.24, 2.45) is 0 Å². The smallest absolute Gasteiger partial charge is 0.0616 e. The van der Waals surface area contributed by atoms with Crippen molar-refractivity contribution in [1.82, 2.24) is 0 Å². The van der Waals surface area contributed by atoms with Crippen LogP contribution in [0.5, 0.6) is 0 Å². The lowest BCUT2D eigenvalue weighted by Crippen LogP contribution is -2.26. The fraction of sp³-hybridized carbons (Fsp3) is 1.00. The van der Waals surface area contributed by atoms with E-state index in [4.69, 9.17) is 0 Å². The van der Waals surface area contributed by atoms with Crippen LogP contribution in [0, 0.1) is 0 Å². The summed E-state index contributed by atoms with van der Waals surface area (Å²) in [6.45, 7) is 5.73. The van der Waals surface area contributed by atoms with E-state index < -0.39 is 5.60 Å². The van der Waals surface area contributed by atoms with Crippen molar-refractivity contribution in [1.29, 1.82) is 0 Å². The highest BCUT2D eigenvalue weighted by molar-refractivity contribution is 4.70. The molecule has 1 unspecified atom stereocenters. The molecule has 1 atom stereocenters. The molecule has 0 fully saturated rings. The Kier molecular flexibility index (Phi) is 8.96. The molecule has 0 bridgehead atoms. The van der Waals surface area contributed by atoms with Gasteiger partial charge in [0.2, 0.25) is 0 Å². The second-order valence-electron chi connectivity index (χ2n) is 5.58. The summed E-state index contributed by atoms with van der Waals surface area (Å²) < 4.78 is 0. The van der Waals surface area contributed by atoms with Gasteiger partial charge in [-0.15, -0.1) is 0 Å². The molecule has 0 aliphatic heterocycles. The third kappa shape index (κ3) is 12.0. The second kappa shape index (κ2) is 9.00. The molecule has 0 amide bonds. The predicted molar refractivity (Wildman–Crippen MR) is 69.5 cm³/mol. The molecule has 2 nitrogen and oxygen atoms in total. The second-order valence-corrected chi connectivity index (χ2v) is 5.58. The molecule has 2 N–H and O–H groups in total. The zero-order valence-electron chi connectivity index (χ0n) is 11.3. The van der Waals surface area contributed by atoms with Crippen LogP contribution in [0.15, 0.2) is 0 Å². The number of rotatable bonds is 10. The van der Waals surface area contributed by atoms with Crippen molar-refractivity contribution >= 4 is 0 Å². The van der Waals surface area contributed by atoms with Crippen LogP contribution in [0.2, 0.25) is 0 Å². The topological polar surface area (TPSA) is 40.5 Å². The molecule has 0 spiro atoms. The first-order valence-electron chi connectivity index (χ1n) is 6.86. The summed E-state index contributed by atoms with van der Waals surface area (Å²) >= 11 is 0. The molecule has 0 aromatic rings. The molecule has 0 saturated carbocycles.